The molecule has 0 radical (unpaired) electrons. The summed E-state index contributed by atoms with van der Waals surface area (Å²) in [6.45, 7) is 14.7. The van der Waals surface area contributed by atoms with Crippen molar-refractivity contribution in [2.75, 3.05) is 19.6 Å². The summed E-state index contributed by atoms with van der Waals surface area (Å²) in [5, 5.41) is 3.57. The topological polar surface area (TPSA) is 41.6 Å². The van der Waals surface area contributed by atoms with Gasteiger partial charge in [0.15, 0.2) is 0 Å². The van der Waals surface area contributed by atoms with Crippen molar-refractivity contribution in [3.8, 4) is 0 Å². The number of carbonyl (C=O) groups is 1. The van der Waals surface area contributed by atoms with Crippen LogP contribution in [0.4, 0.5) is 4.79 Å². The molecule has 1 aliphatic carbocycles. The minimum atomic E-state index is -0.419. The number of hydrogen-bond acceptors (Lipinski definition) is 3. The quantitative estimate of drug-likeness (QED) is 0.728. The molecule has 0 heterocycles. The fraction of sp³-hybridized carbons (Fsp3) is 0.938. The number of nitrogens with zero attached hydrogens (tertiary/aromatic N) is 1. The summed E-state index contributed by atoms with van der Waals surface area (Å²) in [4.78, 5) is 13.7. The molecule has 1 amide bonds. The molecular formula is C16H32N2O2. The van der Waals surface area contributed by atoms with E-state index in [1.54, 1.807) is 4.90 Å². The third-order valence-electron chi connectivity index (χ3n) is 4.17. The maximum absolute atomic E-state index is 12.0. The van der Waals surface area contributed by atoms with Gasteiger partial charge in [0.1, 0.15) is 5.60 Å². The van der Waals surface area contributed by atoms with Gasteiger partial charge in [-0.15, -0.1) is 0 Å². The minimum Gasteiger partial charge on any atom is -0.444 e. The molecule has 1 atom stereocenters. The van der Waals surface area contributed by atoms with Crippen molar-refractivity contribution in [1.29, 1.82) is 0 Å². The summed E-state index contributed by atoms with van der Waals surface area (Å²) in [6.07, 6.45) is 3.43. The van der Waals surface area contributed by atoms with E-state index >= 15 is 0 Å². The molecule has 0 saturated heterocycles. The molecule has 0 aromatic rings. The molecule has 4 nitrogen and oxygen atoms in total. The van der Waals surface area contributed by atoms with Crippen LogP contribution in [0.25, 0.3) is 0 Å². The predicted molar refractivity (Wildman–Crippen MR) is 82.9 cm³/mol. The standard InChI is InChI=1S/C16H32N2O2/c1-7-18(14(19)20-15(3,4)5)12-8-11-17-13(2)16(6)9-10-16/h13,17H,7-12H2,1-6H3. The van der Waals surface area contributed by atoms with Crippen LogP contribution in [-0.2, 0) is 4.74 Å². The van der Waals surface area contributed by atoms with E-state index in [1.807, 2.05) is 27.7 Å². The Kier molecular flexibility index (Phi) is 5.87. The van der Waals surface area contributed by atoms with Crippen LogP contribution in [0.2, 0.25) is 0 Å². The van der Waals surface area contributed by atoms with Crippen molar-refractivity contribution < 1.29 is 9.53 Å². The Hall–Kier alpha value is -0.770. The first kappa shape index (κ1) is 17.3. The van der Waals surface area contributed by atoms with E-state index in [1.165, 1.54) is 12.8 Å². The highest BCUT2D eigenvalue weighted by Gasteiger charge is 2.41. The number of hydrogen-bond donors (Lipinski definition) is 1. The summed E-state index contributed by atoms with van der Waals surface area (Å²) in [5.74, 6) is 0. The lowest BCUT2D eigenvalue weighted by atomic mass is 10.0. The minimum absolute atomic E-state index is 0.206. The molecule has 4 heteroatoms. The number of rotatable bonds is 7. The molecule has 1 fully saturated rings. The van der Waals surface area contributed by atoms with Crippen LogP contribution in [0.15, 0.2) is 0 Å². The van der Waals surface area contributed by atoms with Crippen LogP contribution in [0.5, 0.6) is 0 Å². The van der Waals surface area contributed by atoms with E-state index in [0.717, 1.165) is 19.5 Å². The fourth-order valence-corrected chi connectivity index (χ4v) is 2.17. The van der Waals surface area contributed by atoms with Crippen LogP contribution >= 0.6 is 0 Å². The van der Waals surface area contributed by atoms with Gasteiger partial charge >= 0.3 is 6.09 Å². The van der Waals surface area contributed by atoms with Gasteiger partial charge < -0.3 is 15.0 Å². The molecule has 1 saturated carbocycles. The zero-order valence-electron chi connectivity index (χ0n) is 14.1. The summed E-state index contributed by atoms with van der Waals surface area (Å²) in [6, 6.07) is 0.569. The van der Waals surface area contributed by atoms with Crippen molar-refractivity contribution in [3.05, 3.63) is 0 Å². The number of amides is 1. The number of carbonyl (C=O) groups excluding carboxylic acids is 1. The van der Waals surface area contributed by atoms with Gasteiger partial charge in [-0.05, 0) is 65.8 Å². The van der Waals surface area contributed by atoms with Crippen LogP contribution in [0.3, 0.4) is 0 Å². The Morgan fingerprint density at radius 2 is 2.00 bits per heavy atom. The van der Waals surface area contributed by atoms with Gasteiger partial charge in [-0.1, -0.05) is 6.92 Å². The molecule has 0 aromatic heterocycles. The molecule has 20 heavy (non-hydrogen) atoms. The van der Waals surface area contributed by atoms with Gasteiger partial charge in [0.25, 0.3) is 0 Å². The van der Waals surface area contributed by atoms with Gasteiger partial charge in [-0.25, -0.2) is 4.79 Å². The Morgan fingerprint density at radius 1 is 1.40 bits per heavy atom. The van der Waals surface area contributed by atoms with E-state index in [9.17, 15) is 4.79 Å². The average molecular weight is 284 g/mol. The van der Waals surface area contributed by atoms with E-state index in [0.29, 0.717) is 18.0 Å². The second-order valence-electron chi connectivity index (χ2n) is 7.24. The Bertz CT molecular complexity index is 319. The molecule has 0 aliphatic heterocycles. The van der Waals surface area contributed by atoms with Gasteiger partial charge in [-0.3, -0.25) is 0 Å². The lowest BCUT2D eigenvalue weighted by molar-refractivity contribution is 0.0258. The summed E-state index contributed by atoms with van der Waals surface area (Å²) in [7, 11) is 0. The molecule has 0 spiro atoms. The summed E-state index contributed by atoms with van der Waals surface area (Å²) < 4.78 is 5.40. The zero-order chi connectivity index (χ0) is 15.4. The van der Waals surface area contributed by atoms with Crippen molar-refractivity contribution in [1.82, 2.24) is 10.2 Å². The Balaban J connectivity index is 2.22. The van der Waals surface area contributed by atoms with Gasteiger partial charge in [0.05, 0.1) is 0 Å². The highest BCUT2D eigenvalue weighted by molar-refractivity contribution is 5.68. The van der Waals surface area contributed by atoms with Crippen molar-refractivity contribution >= 4 is 6.09 Å². The first-order chi connectivity index (χ1) is 9.18. The van der Waals surface area contributed by atoms with Crippen LogP contribution < -0.4 is 5.32 Å². The third-order valence-corrected chi connectivity index (χ3v) is 4.17. The van der Waals surface area contributed by atoms with Crippen LogP contribution in [0, 0.1) is 5.41 Å². The van der Waals surface area contributed by atoms with Gasteiger partial charge in [0, 0.05) is 19.1 Å². The van der Waals surface area contributed by atoms with Crippen molar-refractivity contribution in [3.63, 3.8) is 0 Å². The third kappa shape index (κ3) is 5.70. The molecular weight excluding hydrogens is 252 g/mol. The summed E-state index contributed by atoms with van der Waals surface area (Å²) >= 11 is 0. The largest absolute Gasteiger partial charge is 0.444 e. The Labute approximate surface area is 124 Å². The second kappa shape index (κ2) is 6.79. The molecule has 1 unspecified atom stereocenters. The zero-order valence-corrected chi connectivity index (χ0v) is 14.1. The molecule has 118 valence electrons. The van der Waals surface area contributed by atoms with Crippen molar-refractivity contribution in [2.45, 2.75) is 72.4 Å². The fourth-order valence-electron chi connectivity index (χ4n) is 2.17. The van der Waals surface area contributed by atoms with E-state index < -0.39 is 5.60 Å². The SMILES string of the molecule is CCN(CCCNC(C)C1(C)CC1)C(=O)OC(C)(C)C. The van der Waals surface area contributed by atoms with Crippen LogP contribution in [0.1, 0.15) is 60.8 Å². The lowest BCUT2D eigenvalue weighted by Gasteiger charge is -2.27. The Morgan fingerprint density at radius 3 is 2.45 bits per heavy atom. The summed E-state index contributed by atoms with van der Waals surface area (Å²) in [5.41, 5.74) is 0.0907. The highest BCUT2D eigenvalue weighted by Crippen LogP contribution is 2.47. The van der Waals surface area contributed by atoms with Gasteiger partial charge in [0.2, 0.25) is 0 Å². The number of nitrogens with one attached hydrogen (secondary N) is 1. The maximum Gasteiger partial charge on any atom is 0.410 e. The van der Waals surface area contributed by atoms with Gasteiger partial charge in [-0.2, -0.15) is 0 Å². The normalized spacial score (nSPS) is 18.5. The first-order valence-corrected chi connectivity index (χ1v) is 7.89. The average Bonchev–Trinajstić information content (AvgIpc) is 3.06. The molecule has 0 aromatic carbocycles. The molecule has 1 N–H and O–H groups in total. The lowest BCUT2D eigenvalue weighted by Crippen LogP contribution is -2.39. The monoisotopic (exact) mass is 284 g/mol. The molecule has 1 aliphatic rings. The smallest absolute Gasteiger partial charge is 0.410 e. The highest BCUT2D eigenvalue weighted by atomic mass is 16.6. The second-order valence-corrected chi connectivity index (χ2v) is 7.24. The first-order valence-electron chi connectivity index (χ1n) is 7.89. The van der Waals surface area contributed by atoms with Crippen molar-refractivity contribution in [2.24, 2.45) is 5.41 Å². The predicted octanol–water partition coefficient (Wildman–Crippen LogP) is 3.41. The van der Waals surface area contributed by atoms with E-state index in [-0.39, 0.29) is 6.09 Å². The molecule has 0 bridgehead atoms. The number of ether oxygens (including phenoxy) is 1. The van der Waals surface area contributed by atoms with E-state index in [4.69, 9.17) is 4.74 Å². The van der Waals surface area contributed by atoms with Crippen LogP contribution in [-0.4, -0.2) is 42.3 Å². The maximum atomic E-state index is 12.0. The molecule has 1 rings (SSSR count). The van der Waals surface area contributed by atoms with E-state index in [2.05, 4.69) is 19.2 Å².